The Morgan fingerprint density at radius 3 is 2.19 bits per heavy atom. The number of ether oxygens (including phenoxy) is 1. The molecule has 0 aromatic heterocycles. The quantitative estimate of drug-likeness (QED) is 0.750. The zero-order valence-corrected chi connectivity index (χ0v) is 14.4. The van der Waals surface area contributed by atoms with E-state index in [-0.39, 0.29) is 17.5 Å². The fourth-order valence-electron chi connectivity index (χ4n) is 3.01. The highest BCUT2D eigenvalue weighted by atomic mass is 19.4. The summed E-state index contributed by atoms with van der Waals surface area (Å²) in [5, 5.41) is 0. The van der Waals surface area contributed by atoms with Gasteiger partial charge in [-0.15, -0.1) is 13.2 Å². The normalized spacial score (nSPS) is 15.4. The lowest BCUT2D eigenvalue weighted by Gasteiger charge is -2.24. The Bertz CT molecular complexity index is 776. The van der Waals surface area contributed by atoms with Crippen molar-refractivity contribution in [3.63, 3.8) is 0 Å². The Labute approximate surface area is 153 Å². The molecule has 0 bridgehead atoms. The number of nitrogens with zero attached hydrogens (tertiary/aromatic N) is 2. The van der Waals surface area contributed by atoms with Gasteiger partial charge in [-0.05, 0) is 55.0 Å². The van der Waals surface area contributed by atoms with Crippen molar-refractivity contribution < 1.29 is 27.1 Å². The largest absolute Gasteiger partial charge is 0.573 e. The van der Waals surface area contributed by atoms with Crippen LogP contribution in [-0.4, -0.2) is 43.3 Å². The van der Waals surface area contributed by atoms with Gasteiger partial charge in [-0.3, -0.25) is 4.79 Å². The van der Waals surface area contributed by atoms with Gasteiger partial charge < -0.3 is 14.5 Å². The van der Waals surface area contributed by atoms with Gasteiger partial charge in [0.2, 0.25) is 0 Å². The molecule has 1 aliphatic rings. The minimum Gasteiger partial charge on any atom is -0.406 e. The van der Waals surface area contributed by atoms with E-state index >= 15 is 0 Å². The number of anilines is 1. The number of carbonyl (C=O) groups is 1. The van der Waals surface area contributed by atoms with E-state index in [4.69, 9.17) is 0 Å². The summed E-state index contributed by atoms with van der Waals surface area (Å²) in [4.78, 5) is 16.4. The number of hydrogen-bond donors (Lipinski definition) is 0. The van der Waals surface area contributed by atoms with E-state index in [1.165, 1.54) is 24.3 Å². The number of benzene rings is 2. The van der Waals surface area contributed by atoms with Gasteiger partial charge in [0.25, 0.3) is 5.91 Å². The third kappa shape index (κ3) is 5.12. The lowest BCUT2D eigenvalue weighted by Crippen LogP contribution is -2.35. The Hall–Kier alpha value is -2.77. The second kappa shape index (κ2) is 7.85. The predicted molar refractivity (Wildman–Crippen MR) is 92.3 cm³/mol. The zero-order valence-electron chi connectivity index (χ0n) is 14.4. The number of rotatable bonds is 3. The molecule has 1 fully saturated rings. The highest BCUT2D eigenvalue weighted by Crippen LogP contribution is 2.23. The van der Waals surface area contributed by atoms with Crippen molar-refractivity contribution in [2.45, 2.75) is 12.8 Å². The van der Waals surface area contributed by atoms with Crippen molar-refractivity contribution in [1.82, 2.24) is 4.90 Å². The van der Waals surface area contributed by atoms with Crippen LogP contribution in [0.3, 0.4) is 0 Å². The number of halogens is 4. The maximum atomic E-state index is 13.1. The maximum Gasteiger partial charge on any atom is 0.573 e. The standard InChI is InChI=1S/C19H18F4N2O2/c20-15-4-6-16(7-5-15)24-10-1-11-25(13-12-24)18(26)14-2-8-17(9-3-14)27-19(21,22)23/h2-9H,1,10-13H2. The van der Waals surface area contributed by atoms with E-state index in [1.807, 2.05) is 0 Å². The number of hydrogen-bond acceptors (Lipinski definition) is 3. The molecule has 0 spiro atoms. The van der Waals surface area contributed by atoms with E-state index < -0.39 is 6.36 Å². The monoisotopic (exact) mass is 382 g/mol. The first kappa shape index (κ1) is 19.0. The lowest BCUT2D eigenvalue weighted by atomic mass is 10.2. The maximum absolute atomic E-state index is 13.1. The average molecular weight is 382 g/mol. The fraction of sp³-hybridized carbons (Fsp3) is 0.316. The smallest absolute Gasteiger partial charge is 0.406 e. The van der Waals surface area contributed by atoms with Crippen LogP contribution in [0.4, 0.5) is 23.2 Å². The molecule has 1 aliphatic heterocycles. The summed E-state index contributed by atoms with van der Waals surface area (Å²) >= 11 is 0. The van der Waals surface area contributed by atoms with E-state index in [0.29, 0.717) is 25.2 Å². The van der Waals surface area contributed by atoms with Crippen LogP contribution in [0.1, 0.15) is 16.8 Å². The number of alkyl halides is 3. The van der Waals surface area contributed by atoms with Crippen LogP contribution >= 0.6 is 0 Å². The van der Waals surface area contributed by atoms with Crippen LogP contribution < -0.4 is 9.64 Å². The van der Waals surface area contributed by atoms with Crippen molar-refractivity contribution in [2.75, 3.05) is 31.1 Å². The summed E-state index contributed by atoms with van der Waals surface area (Å²) in [6.07, 6.45) is -4.03. The van der Waals surface area contributed by atoms with E-state index in [2.05, 4.69) is 9.64 Å². The summed E-state index contributed by atoms with van der Waals surface area (Å²) in [6.45, 7) is 2.33. The highest BCUT2D eigenvalue weighted by molar-refractivity contribution is 5.94. The lowest BCUT2D eigenvalue weighted by molar-refractivity contribution is -0.274. The molecule has 1 saturated heterocycles. The summed E-state index contributed by atoms with van der Waals surface area (Å²) in [6, 6.07) is 11.1. The summed E-state index contributed by atoms with van der Waals surface area (Å²) < 4.78 is 53.5. The molecule has 27 heavy (non-hydrogen) atoms. The molecular weight excluding hydrogens is 364 g/mol. The van der Waals surface area contributed by atoms with Gasteiger partial charge in [-0.1, -0.05) is 0 Å². The zero-order chi connectivity index (χ0) is 19.4. The Kier molecular flexibility index (Phi) is 5.53. The fourth-order valence-corrected chi connectivity index (χ4v) is 3.01. The third-order valence-corrected chi connectivity index (χ3v) is 4.31. The van der Waals surface area contributed by atoms with Crippen molar-refractivity contribution in [2.24, 2.45) is 0 Å². The molecule has 2 aromatic rings. The number of carbonyl (C=O) groups excluding carboxylic acids is 1. The van der Waals surface area contributed by atoms with Gasteiger partial charge in [-0.25, -0.2) is 4.39 Å². The Morgan fingerprint density at radius 1 is 0.889 bits per heavy atom. The minimum absolute atomic E-state index is 0.241. The molecule has 144 valence electrons. The molecule has 3 rings (SSSR count). The van der Waals surface area contributed by atoms with Gasteiger partial charge >= 0.3 is 6.36 Å². The van der Waals surface area contributed by atoms with Crippen LogP contribution in [0, 0.1) is 5.82 Å². The van der Waals surface area contributed by atoms with Gasteiger partial charge in [0, 0.05) is 37.4 Å². The van der Waals surface area contributed by atoms with Crippen LogP contribution in [0.2, 0.25) is 0 Å². The average Bonchev–Trinajstić information content (AvgIpc) is 2.87. The molecule has 0 saturated carbocycles. The van der Waals surface area contributed by atoms with Crippen LogP contribution in [0.25, 0.3) is 0 Å². The predicted octanol–water partition coefficient (Wildman–Crippen LogP) is 4.08. The van der Waals surface area contributed by atoms with Crippen molar-refractivity contribution >= 4 is 11.6 Å². The van der Waals surface area contributed by atoms with Crippen LogP contribution in [-0.2, 0) is 0 Å². The van der Waals surface area contributed by atoms with Gasteiger partial charge in [0.1, 0.15) is 11.6 Å². The summed E-state index contributed by atoms with van der Waals surface area (Å²) in [5.74, 6) is -0.907. The minimum atomic E-state index is -4.76. The van der Waals surface area contributed by atoms with Crippen molar-refractivity contribution in [3.05, 3.63) is 59.9 Å². The number of amides is 1. The molecule has 0 aliphatic carbocycles. The molecular formula is C19H18F4N2O2. The van der Waals surface area contributed by atoms with Crippen molar-refractivity contribution in [1.29, 1.82) is 0 Å². The van der Waals surface area contributed by atoms with Gasteiger partial charge in [0.15, 0.2) is 0 Å². The van der Waals surface area contributed by atoms with Crippen LogP contribution in [0.15, 0.2) is 48.5 Å². The molecule has 8 heteroatoms. The Balaban J connectivity index is 1.63. The first-order valence-corrected chi connectivity index (χ1v) is 8.47. The summed E-state index contributed by atoms with van der Waals surface area (Å²) in [5.41, 5.74) is 1.19. The van der Waals surface area contributed by atoms with Gasteiger partial charge in [-0.2, -0.15) is 0 Å². The highest BCUT2D eigenvalue weighted by Gasteiger charge is 2.31. The molecule has 0 atom stereocenters. The van der Waals surface area contributed by atoms with Gasteiger partial charge in [0.05, 0.1) is 0 Å². The first-order valence-electron chi connectivity index (χ1n) is 8.47. The van der Waals surface area contributed by atoms with E-state index in [1.54, 1.807) is 17.0 Å². The molecule has 0 unspecified atom stereocenters. The van der Waals surface area contributed by atoms with E-state index in [0.717, 1.165) is 30.8 Å². The first-order chi connectivity index (χ1) is 12.8. The molecule has 1 amide bonds. The van der Waals surface area contributed by atoms with Crippen LogP contribution in [0.5, 0.6) is 5.75 Å². The van der Waals surface area contributed by atoms with Crippen molar-refractivity contribution in [3.8, 4) is 5.75 Å². The second-order valence-corrected chi connectivity index (χ2v) is 6.18. The topological polar surface area (TPSA) is 32.8 Å². The Morgan fingerprint density at radius 2 is 1.56 bits per heavy atom. The molecule has 2 aromatic carbocycles. The summed E-state index contributed by atoms with van der Waals surface area (Å²) in [7, 11) is 0. The molecule has 1 heterocycles. The second-order valence-electron chi connectivity index (χ2n) is 6.18. The molecule has 0 N–H and O–H groups in total. The SMILES string of the molecule is O=C(c1ccc(OC(F)(F)F)cc1)N1CCCN(c2ccc(F)cc2)CC1. The molecule has 0 radical (unpaired) electrons. The third-order valence-electron chi connectivity index (χ3n) is 4.31. The van der Waals surface area contributed by atoms with E-state index in [9.17, 15) is 22.4 Å². The molecule has 4 nitrogen and oxygen atoms in total.